The van der Waals surface area contributed by atoms with Crippen LogP contribution in [0.25, 0.3) is 0 Å². The number of hydrogen-bond acceptors (Lipinski definition) is 4. The lowest BCUT2D eigenvalue weighted by molar-refractivity contribution is 0.0436. The Morgan fingerprint density at radius 1 is 0.821 bits per heavy atom. The van der Waals surface area contributed by atoms with E-state index in [0.717, 1.165) is 44.2 Å². The van der Waals surface area contributed by atoms with Gasteiger partial charge in [0.1, 0.15) is 6.61 Å². The number of ether oxygens (including phenoxy) is 2. The summed E-state index contributed by atoms with van der Waals surface area (Å²) in [6, 6.07) is 9.44. The molecule has 0 heterocycles. The number of rotatable bonds is 10. The van der Waals surface area contributed by atoms with Crippen LogP contribution in [-0.2, 0) is 16.1 Å². The molecule has 0 aliphatic carbocycles. The molecule has 2 rings (SSSR count). The van der Waals surface area contributed by atoms with E-state index in [1.165, 1.54) is 18.2 Å². The third kappa shape index (κ3) is 6.44. The number of halogens is 2. The maximum absolute atomic E-state index is 13.2. The Kier molecular flexibility index (Phi) is 8.59. The van der Waals surface area contributed by atoms with E-state index in [9.17, 15) is 18.4 Å². The molecule has 0 radical (unpaired) electrons. The molecule has 0 saturated heterocycles. The van der Waals surface area contributed by atoms with Gasteiger partial charge in [0.05, 0.1) is 17.7 Å². The van der Waals surface area contributed by atoms with E-state index in [1.807, 2.05) is 0 Å². The highest BCUT2D eigenvalue weighted by Crippen LogP contribution is 2.15. The average Bonchev–Trinajstić information content (AvgIpc) is 2.71. The summed E-state index contributed by atoms with van der Waals surface area (Å²) < 4.78 is 36.6. The summed E-state index contributed by atoms with van der Waals surface area (Å²) in [5.41, 5.74) is 0.492. The number of esters is 2. The molecule has 0 saturated carbocycles. The van der Waals surface area contributed by atoms with Gasteiger partial charge < -0.3 is 9.47 Å². The first-order valence-corrected chi connectivity index (χ1v) is 9.40. The normalized spacial score (nSPS) is 10.5. The minimum Gasteiger partial charge on any atom is -0.462 e. The van der Waals surface area contributed by atoms with Crippen LogP contribution in [0.4, 0.5) is 8.78 Å². The number of unbranched alkanes of at least 4 members (excludes halogenated alkanes) is 4. The highest BCUT2D eigenvalue weighted by Gasteiger charge is 2.19. The van der Waals surface area contributed by atoms with Gasteiger partial charge in [-0.05, 0) is 36.2 Å². The Labute approximate surface area is 163 Å². The van der Waals surface area contributed by atoms with Crippen molar-refractivity contribution in [2.45, 2.75) is 45.6 Å². The SMILES string of the molecule is CCCCCCCOC(=O)c1ccccc1C(=O)OCc1ccc(F)c(F)c1. The molecule has 150 valence electrons. The predicted octanol–water partition coefficient (Wildman–Crippen LogP) is 5.45. The predicted molar refractivity (Wildman–Crippen MR) is 101 cm³/mol. The Hall–Kier alpha value is -2.76. The number of hydrogen-bond donors (Lipinski definition) is 0. The molecule has 0 atom stereocenters. The van der Waals surface area contributed by atoms with E-state index in [0.29, 0.717) is 12.2 Å². The van der Waals surface area contributed by atoms with E-state index >= 15 is 0 Å². The third-order valence-electron chi connectivity index (χ3n) is 4.20. The molecule has 2 aromatic carbocycles. The van der Waals surface area contributed by atoms with Crippen LogP contribution in [0.1, 0.15) is 65.3 Å². The highest BCUT2D eigenvalue weighted by molar-refractivity contribution is 6.03. The van der Waals surface area contributed by atoms with Gasteiger partial charge in [-0.3, -0.25) is 0 Å². The standard InChI is InChI=1S/C22H24F2O4/c1-2-3-4-5-8-13-27-21(25)17-9-6-7-10-18(17)22(26)28-15-16-11-12-19(23)20(24)14-16/h6-7,9-12,14H,2-5,8,13,15H2,1H3. The smallest absolute Gasteiger partial charge is 0.339 e. The zero-order chi connectivity index (χ0) is 20.4. The zero-order valence-electron chi connectivity index (χ0n) is 15.9. The summed E-state index contributed by atoms with van der Waals surface area (Å²) in [6.07, 6.45) is 5.15. The molecule has 28 heavy (non-hydrogen) atoms. The molecule has 0 bridgehead atoms. The minimum absolute atomic E-state index is 0.0704. The Morgan fingerprint density at radius 3 is 2.11 bits per heavy atom. The van der Waals surface area contributed by atoms with Crippen molar-refractivity contribution in [3.05, 3.63) is 70.8 Å². The summed E-state index contributed by atoms with van der Waals surface area (Å²) in [6.45, 7) is 2.18. The number of benzene rings is 2. The molecule has 0 aromatic heterocycles. The average molecular weight is 390 g/mol. The number of carbonyl (C=O) groups excluding carboxylic acids is 2. The van der Waals surface area contributed by atoms with E-state index < -0.39 is 23.6 Å². The third-order valence-corrected chi connectivity index (χ3v) is 4.20. The summed E-state index contributed by atoms with van der Waals surface area (Å²) in [4.78, 5) is 24.6. The second-order valence-corrected chi connectivity index (χ2v) is 6.42. The van der Waals surface area contributed by atoms with Crippen molar-refractivity contribution >= 4 is 11.9 Å². The van der Waals surface area contributed by atoms with Gasteiger partial charge >= 0.3 is 11.9 Å². The van der Waals surface area contributed by atoms with Crippen molar-refractivity contribution in [2.24, 2.45) is 0 Å². The molecular weight excluding hydrogens is 366 g/mol. The van der Waals surface area contributed by atoms with E-state index in [-0.39, 0.29) is 17.7 Å². The quantitative estimate of drug-likeness (QED) is 0.400. The van der Waals surface area contributed by atoms with Crippen molar-refractivity contribution in [3.8, 4) is 0 Å². The first-order chi connectivity index (χ1) is 13.5. The van der Waals surface area contributed by atoms with Crippen LogP contribution in [0.2, 0.25) is 0 Å². The van der Waals surface area contributed by atoms with Crippen molar-refractivity contribution in [2.75, 3.05) is 6.61 Å². The fraction of sp³-hybridized carbons (Fsp3) is 0.364. The molecule has 0 aliphatic heterocycles. The second kappa shape index (κ2) is 11.2. The minimum atomic E-state index is -1.02. The Bertz CT molecular complexity index is 805. The van der Waals surface area contributed by atoms with E-state index in [1.54, 1.807) is 12.1 Å². The monoisotopic (exact) mass is 390 g/mol. The summed E-state index contributed by atoms with van der Waals surface area (Å²) in [7, 11) is 0. The van der Waals surface area contributed by atoms with Gasteiger partial charge in [0.15, 0.2) is 11.6 Å². The van der Waals surface area contributed by atoms with Crippen molar-refractivity contribution in [1.82, 2.24) is 0 Å². The largest absolute Gasteiger partial charge is 0.462 e. The molecule has 2 aromatic rings. The van der Waals surface area contributed by atoms with E-state index in [2.05, 4.69) is 6.92 Å². The Morgan fingerprint density at radius 2 is 1.46 bits per heavy atom. The van der Waals surface area contributed by atoms with Crippen LogP contribution in [0.5, 0.6) is 0 Å². The molecule has 0 aliphatic rings. The van der Waals surface area contributed by atoms with Crippen LogP contribution in [0, 0.1) is 11.6 Å². The summed E-state index contributed by atoms with van der Waals surface area (Å²) in [5.74, 6) is -3.31. The van der Waals surface area contributed by atoms with Crippen LogP contribution >= 0.6 is 0 Å². The van der Waals surface area contributed by atoms with Crippen molar-refractivity contribution in [1.29, 1.82) is 0 Å². The van der Waals surface area contributed by atoms with Crippen LogP contribution in [-0.4, -0.2) is 18.5 Å². The van der Waals surface area contributed by atoms with E-state index in [4.69, 9.17) is 9.47 Å². The molecule has 0 N–H and O–H groups in total. The molecule has 0 amide bonds. The number of carbonyl (C=O) groups is 2. The summed E-state index contributed by atoms with van der Waals surface area (Å²) in [5, 5.41) is 0. The molecule has 0 spiro atoms. The second-order valence-electron chi connectivity index (χ2n) is 6.42. The Balaban J connectivity index is 1.93. The molecule has 4 nitrogen and oxygen atoms in total. The van der Waals surface area contributed by atoms with Gasteiger partial charge in [0.25, 0.3) is 0 Å². The van der Waals surface area contributed by atoms with Crippen LogP contribution < -0.4 is 0 Å². The van der Waals surface area contributed by atoms with Crippen LogP contribution in [0.15, 0.2) is 42.5 Å². The molecule has 0 unspecified atom stereocenters. The van der Waals surface area contributed by atoms with Gasteiger partial charge in [-0.1, -0.05) is 50.8 Å². The van der Waals surface area contributed by atoms with Gasteiger partial charge in [0.2, 0.25) is 0 Å². The van der Waals surface area contributed by atoms with Gasteiger partial charge in [-0.25, -0.2) is 18.4 Å². The van der Waals surface area contributed by atoms with Crippen molar-refractivity contribution in [3.63, 3.8) is 0 Å². The first kappa shape index (κ1) is 21.5. The topological polar surface area (TPSA) is 52.6 Å². The maximum Gasteiger partial charge on any atom is 0.339 e. The molecular formula is C22H24F2O4. The van der Waals surface area contributed by atoms with Crippen molar-refractivity contribution < 1.29 is 27.8 Å². The van der Waals surface area contributed by atoms with Gasteiger partial charge in [-0.2, -0.15) is 0 Å². The van der Waals surface area contributed by atoms with Crippen LogP contribution in [0.3, 0.4) is 0 Å². The highest BCUT2D eigenvalue weighted by atomic mass is 19.2. The first-order valence-electron chi connectivity index (χ1n) is 9.40. The van der Waals surface area contributed by atoms with Gasteiger partial charge in [-0.15, -0.1) is 0 Å². The molecule has 0 fully saturated rings. The zero-order valence-corrected chi connectivity index (χ0v) is 15.9. The molecule has 6 heteroatoms. The lowest BCUT2D eigenvalue weighted by atomic mass is 10.1. The lowest BCUT2D eigenvalue weighted by Crippen LogP contribution is -2.14. The fourth-order valence-electron chi connectivity index (χ4n) is 2.64. The fourth-order valence-corrected chi connectivity index (χ4v) is 2.64. The maximum atomic E-state index is 13.2. The summed E-state index contributed by atoms with van der Waals surface area (Å²) >= 11 is 0. The lowest BCUT2D eigenvalue weighted by Gasteiger charge is -2.10. The van der Waals surface area contributed by atoms with Gasteiger partial charge in [0, 0.05) is 0 Å².